The van der Waals surface area contributed by atoms with Gasteiger partial charge in [0.2, 0.25) is 5.91 Å². The minimum absolute atomic E-state index is 0.0162. The van der Waals surface area contributed by atoms with Crippen LogP contribution in [0.5, 0.6) is 5.75 Å². The maximum absolute atomic E-state index is 11.9. The molecule has 0 fully saturated rings. The van der Waals surface area contributed by atoms with E-state index in [4.69, 9.17) is 16.3 Å². The molecule has 0 radical (unpaired) electrons. The molecular weight excluding hydrogens is 324 g/mol. The van der Waals surface area contributed by atoms with E-state index in [1.54, 1.807) is 12.1 Å². The molecule has 3 rings (SSSR count). The summed E-state index contributed by atoms with van der Waals surface area (Å²) in [6.07, 6.45) is 2.45. The lowest BCUT2D eigenvalue weighted by atomic mass is 10.2. The molecule has 0 bridgehead atoms. The van der Waals surface area contributed by atoms with Crippen molar-refractivity contribution in [1.29, 1.82) is 0 Å². The predicted molar refractivity (Wildman–Crippen MR) is 96.5 cm³/mol. The van der Waals surface area contributed by atoms with E-state index in [1.165, 1.54) is 5.39 Å². The number of aromatic nitrogens is 1. The van der Waals surface area contributed by atoms with E-state index in [1.807, 2.05) is 30.5 Å². The van der Waals surface area contributed by atoms with Crippen LogP contribution in [0.4, 0.5) is 0 Å². The molecule has 3 aromatic rings. The number of halogens is 1. The van der Waals surface area contributed by atoms with Gasteiger partial charge in [-0.15, -0.1) is 0 Å². The predicted octanol–water partition coefficient (Wildman–Crippen LogP) is 3.88. The van der Waals surface area contributed by atoms with Crippen LogP contribution in [-0.4, -0.2) is 23.6 Å². The zero-order valence-corrected chi connectivity index (χ0v) is 14.0. The number of hydrogen-bond acceptors (Lipinski definition) is 2. The standard InChI is InChI=1S/C19H19ClN2O2/c20-16-5-3-6-17(14-16)24-13-10-21-19(23)9-12-22-11-8-15-4-1-2-7-18(15)22/h1-8,11,14H,9-10,12-13H2,(H,21,23). The first kappa shape index (κ1) is 16.4. The second-order valence-electron chi connectivity index (χ2n) is 5.47. The van der Waals surface area contributed by atoms with E-state index in [0.717, 1.165) is 5.52 Å². The van der Waals surface area contributed by atoms with Crippen LogP contribution in [0.25, 0.3) is 10.9 Å². The van der Waals surface area contributed by atoms with Gasteiger partial charge in [-0.2, -0.15) is 0 Å². The fourth-order valence-corrected chi connectivity index (χ4v) is 2.74. The van der Waals surface area contributed by atoms with Crippen molar-refractivity contribution in [1.82, 2.24) is 9.88 Å². The number of hydrogen-bond donors (Lipinski definition) is 1. The van der Waals surface area contributed by atoms with E-state index in [0.29, 0.717) is 36.9 Å². The molecular formula is C19H19ClN2O2. The lowest BCUT2D eigenvalue weighted by Gasteiger charge is -2.09. The Kier molecular flexibility index (Phi) is 5.39. The number of ether oxygens (including phenoxy) is 1. The van der Waals surface area contributed by atoms with Crippen molar-refractivity contribution in [2.24, 2.45) is 0 Å². The van der Waals surface area contributed by atoms with Crippen LogP contribution < -0.4 is 10.1 Å². The summed E-state index contributed by atoms with van der Waals surface area (Å²) in [5.74, 6) is 0.720. The molecule has 5 heteroatoms. The molecule has 0 atom stereocenters. The lowest BCUT2D eigenvalue weighted by molar-refractivity contribution is -0.121. The molecule has 0 unspecified atom stereocenters. The third-order valence-electron chi connectivity index (χ3n) is 3.75. The van der Waals surface area contributed by atoms with Crippen molar-refractivity contribution >= 4 is 28.4 Å². The molecule has 2 aromatic carbocycles. The number of aryl methyl sites for hydroxylation is 1. The van der Waals surface area contributed by atoms with Crippen LogP contribution >= 0.6 is 11.6 Å². The molecule has 0 saturated heterocycles. The summed E-state index contributed by atoms with van der Waals surface area (Å²) in [5, 5.41) is 4.69. The molecule has 1 aromatic heterocycles. The molecule has 24 heavy (non-hydrogen) atoms. The number of nitrogens with one attached hydrogen (secondary N) is 1. The van der Waals surface area contributed by atoms with Crippen LogP contribution in [-0.2, 0) is 11.3 Å². The van der Waals surface area contributed by atoms with Gasteiger partial charge in [0.15, 0.2) is 0 Å². The van der Waals surface area contributed by atoms with Gasteiger partial charge in [-0.1, -0.05) is 35.9 Å². The van der Waals surface area contributed by atoms with Crippen LogP contribution in [0.2, 0.25) is 5.02 Å². The minimum Gasteiger partial charge on any atom is -0.492 e. The zero-order valence-electron chi connectivity index (χ0n) is 13.2. The maximum Gasteiger partial charge on any atom is 0.221 e. The monoisotopic (exact) mass is 342 g/mol. The molecule has 124 valence electrons. The number of para-hydroxylation sites is 1. The second kappa shape index (κ2) is 7.88. The first-order valence-corrected chi connectivity index (χ1v) is 8.29. The van der Waals surface area contributed by atoms with Gasteiger partial charge in [0.25, 0.3) is 0 Å². The van der Waals surface area contributed by atoms with Crippen LogP contribution in [0.3, 0.4) is 0 Å². The molecule has 0 aliphatic rings. The van der Waals surface area contributed by atoms with Crippen molar-refractivity contribution in [2.75, 3.05) is 13.2 Å². The maximum atomic E-state index is 11.9. The van der Waals surface area contributed by atoms with E-state index in [-0.39, 0.29) is 5.91 Å². The smallest absolute Gasteiger partial charge is 0.221 e. The van der Waals surface area contributed by atoms with E-state index >= 15 is 0 Å². The van der Waals surface area contributed by atoms with Gasteiger partial charge in [-0.3, -0.25) is 4.79 Å². The fraction of sp³-hybridized carbons (Fsp3) is 0.211. The van der Waals surface area contributed by atoms with Crippen LogP contribution in [0, 0.1) is 0 Å². The highest BCUT2D eigenvalue weighted by Crippen LogP contribution is 2.17. The highest BCUT2D eigenvalue weighted by atomic mass is 35.5. The first-order chi connectivity index (χ1) is 11.7. The Hall–Kier alpha value is -2.46. The van der Waals surface area contributed by atoms with Gasteiger partial charge >= 0.3 is 0 Å². The van der Waals surface area contributed by atoms with Crippen molar-refractivity contribution in [3.63, 3.8) is 0 Å². The minimum atomic E-state index is 0.0162. The van der Waals surface area contributed by atoms with Gasteiger partial charge in [0.05, 0.1) is 6.54 Å². The Bertz CT molecular complexity index is 829. The van der Waals surface area contributed by atoms with Gasteiger partial charge in [0.1, 0.15) is 12.4 Å². The lowest BCUT2D eigenvalue weighted by Crippen LogP contribution is -2.28. The summed E-state index contributed by atoms with van der Waals surface area (Å²) in [5.41, 5.74) is 1.15. The van der Waals surface area contributed by atoms with Gasteiger partial charge in [-0.25, -0.2) is 0 Å². The van der Waals surface area contributed by atoms with E-state index in [9.17, 15) is 4.79 Å². The third-order valence-corrected chi connectivity index (χ3v) is 3.98. The molecule has 0 spiro atoms. The normalized spacial score (nSPS) is 10.7. The number of nitrogens with zero attached hydrogens (tertiary/aromatic N) is 1. The molecule has 1 N–H and O–H groups in total. The van der Waals surface area contributed by atoms with Gasteiger partial charge < -0.3 is 14.6 Å². The molecule has 0 aliphatic carbocycles. The van der Waals surface area contributed by atoms with Crippen molar-refractivity contribution < 1.29 is 9.53 Å². The Morgan fingerprint density at radius 2 is 2.00 bits per heavy atom. The first-order valence-electron chi connectivity index (χ1n) is 7.91. The quantitative estimate of drug-likeness (QED) is 0.662. The molecule has 0 aliphatic heterocycles. The average Bonchev–Trinajstić information content (AvgIpc) is 3.00. The van der Waals surface area contributed by atoms with Crippen molar-refractivity contribution in [2.45, 2.75) is 13.0 Å². The van der Waals surface area contributed by atoms with Gasteiger partial charge in [-0.05, 0) is 35.7 Å². The summed E-state index contributed by atoms with van der Waals surface area (Å²) in [6, 6.07) is 17.4. The summed E-state index contributed by atoms with van der Waals surface area (Å²) < 4.78 is 7.64. The Labute approximate surface area is 146 Å². The van der Waals surface area contributed by atoms with Crippen LogP contribution in [0.15, 0.2) is 60.8 Å². The topological polar surface area (TPSA) is 43.3 Å². The van der Waals surface area contributed by atoms with E-state index < -0.39 is 0 Å². The summed E-state index contributed by atoms with van der Waals surface area (Å²) in [6.45, 7) is 1.55. The zero-order chi connectivity index (χ0) is 16.8. The molecule has 0 saturated carbocycles. The number of carbonyl (C=O) groups excluding carboxylic acids is 1. The Morgan fingerprint density at radius 3 is 2.88 bits per heavy atom. The molecule has 4 nitrogen and oxygen atoms in total. The van der Waals surface area contributed by atoms with Crippen molar-refractivity contribution in [3.8, 4) is 5.75 Å². The van der Waals surface area contributed by atoms with Gasteiger partial charge in [0, 0.05) is 29.7 Å². The van der Waals surface area contributed by atoms with Crippen LogP contribution in [0.1, 0.15) is 6.42 Å². The fourth-order valence-electron chi connectivity index (χ4n) is 2.56. The molecule has 1 heterocycles. The number of fused-ring (bicyclic) bond motifs is 1. The number of benzene rings is 2. The highest BCUT2D eigenvalue weighted by Gasteiger charge is 2.04. The SMILES string of the molecule is O=C(CCn1ccc2ccccc21)NCCOc1cccc(Cl)c1. The van der Waals surface area contributed by atoms with E-state index in [2.05, 4.69) is 28.1 Å². The highest BCUT2D eigenvalue weighted by molar-refractivity contribution is 6.30. The number of amides is 1. The van der Waals surface area contributed by atoms with Crippen molar-refractivity contribution in [3.05, 3.63) is 65.8 Å². The number of rotatable bonds is 7. The number of carbonyl (C=O) groups is 1. The second-order valence-corrected chi connectivity index (χ2v) is 5.91. The summed E-state index contributed by atoms with van der Waals surface area (Å²) in [4.78, 5) is 11.9. The average molecular weight is 343 g/mol. The third kappa shape index (κ3) is 4.30. The Morgan fingerprint density at radius 1 is 1.12 bits per heavy atom. The molecule has 1 amide bonds. The summed E-state index contributed by atoms with van der Waals surface area (Å²) in [7, 11) is 0. The largest absolute Gasteiger partial charge is 0.492 e. The Balaban J connectivity index is 1.40. The summed E-state index contributed by atoms with van der Waals surface area (Å²) >= 11 is 5.89.